The van der Waals surface area contributed by atoms with Crippen molar-refractivity contribution in [3.8, 4) is 0 Å². The second-order valence-electron chi connectivity index (χ2n) is 4.77. The lowest BCUT2D eigenvalue weighted by atomic mass is 10.1. The van der Waals surface area contributed by atoms with Gasteiger partial charge in [0, 0.05) is 25.6 Å². The zero-order valence-electron chi connectivity index (χ0n) is 11.1. The largest absolute Gasteiger partial charge is 0.371 e. The van der Waals surface area contributed by atoms with Crippen LogP contribution in [0.2, 0.25) is 0 Å². The number of aromatic nitrogens is 4. The molecule has 98 valence electrons. The van der Waals surface area contributed by atoms with Crippen molar-refractivity contribution in [2.45, 2.75) is 39.2 Å². The van der Waals surface area contributed by atoms with Crippen molar-refractivity contribution in [3.05, 3.63) is 29.2 Å². The Hall–Kier alpha value is -1.69. The van der Waals surface area contributed by atoms with Crippen molar-refractivity contribution in [1.29, 1.82) is 0 Å². The monoisotopic (exact) mass is 250 g/mol. The van der Waals surface area contributed by atoms with Crippen LogP contribution >= 0.6 is 0 Å². The number of hydrogen-bond acceptors (Lipinski definition) is 5. The molecule has 0 radical (unpaired) electrons. The summed E-state index contributed by atoms with van der Waals surface area (Å²) in [6.45, 7) is 5.78. The third-order valence-corrected chi connectivity index (χ3v) is 2.87. The van der Waals surface area contributed by atoms with E-state index in [1.807, 2.05) is 26.8 Å². The Kier molecular flexibility index (Phi) is 3.47. The Morgan fingerprint density at radius 1 is 1.39 bits per heavy atom. The van der Waals surface area contributed by atoms with Crippen LogP contribution in [0.3, 0.4) is 0 Å². The highest BCUT2D eigenvalue weighted by atomic mass is 16.5. The zero-order chi connectivity index (χ0) is 13.2. The first kappa shape index (κ1) is 12.8. The molecule has 0 bridgehead atoms. The maximum absolute atomic E-state index is 5.30. The summed E-state index contributed by atoms with van der Waals surface area (Å²) in [7, 11) is 1.63. The first-order chi connectivity index (χ1) is 8.51. The number of H-pyrrole nitrogens is 1. The lowest BCUT2D eigenvalue weighted by molar-refractivity contribution is 0.00973. The smallest absolute Gasteiger partial charge is 0.227 e. The average molecular weight is 250 g/mol. The second-order valence-corrected chi connectivity index (χ2v) is 4.77. The highest BCUT2D eigenvalue weighted by Crippen LogP contribution is 2.20. The predicted octanol–water partition coefficient (Wildman–Crippen LogP) is 1.77. The molecule has 6 heteroatoms. The molecule has 0 aromatic carbocycles. The summed E-state index contributed by atoms with van der Waals surface area (Å²) in [6, 6.07) is 2.01. The Labute approximate surface area is 106 Å². The number of nitrogens with one attached hydrogen (secondary N) is 1. The highest BCUT2D eigenvalue weighted by molar-refractivity contribution is 5.08. The molecule has 2 aromatic heterocycles. The van der Waals surface area contributed by atoms with Gasteiger partial charge in [-0.2, -0.15) is 10.1 Å². The lowest BCUT2D eigenvalue weighted by Crippen LogP contribution is -2.21. The van der Waals surface area contributed by atoms with Crippen molar-refractivity contribution in [3.63, 3.8) is 0 Å². The van der Waals surface area contributed by atoms with Gasteiger partial charge in [-0.25, -0.2) is 0 Å². The molecule has 2 heterocycles. The molecule has 0 aliphatic heterocycles. The number of aromatic amines is 1. The van der Waals surface area contributed by atoms with Crippen molar-refractivity contribution in [1.82, 2.24) is 20.3 Å². The molecule has 18 heavy (non-hydrogen) atoms. The van der Waals surface area contributed by atoms with E-state index in [1.165, 1.54) is 0 Å². The van der Waals surface area contributed by atoms with Gasteiger partial charge >= 0.3 is 0 Å². The highest BCUT2D eigenvalue weighted by Gasteiger charge is 2.26. The van der Waals surface area contributed by atoms with Gasteiger partial charge in [0.1, 0.15) is 5.60 Å². The fourth-order valence-corrected chi connectivity index (χ4v) is 1.53. The summed E-state index contributed by atoms with van der Waals surface area (Å²) in [5.41, 5.74) is 1.53. The van der Waals surface area contributed by atoms with Crippen molar-refractivity contribution in [2.24, 2.45) is 0 Å². The Morgan fingerprint density at radius 3 is 2.78 bits per heavy atom. The van der Waals surface area contributed by atoms with Gasteiger partial charge in [-0.05, 0) is 26.8 Å². The third-order valence-electron chi connectivity index (χ3n) is 2.87. The summed E-state index contributed by atoms with van der Waals surface area (Å²) < 4.78 is 10.5. The number of methoxy groups -OCH3 is 1. The summed E-state index contributed by atoms with van der Waals surface area (Å²) in [5.74, 6) is 1.17. The molecule has 2 aromatic rings. The molecule has 0 atom stereocenters. The Bertz CT molecular complexity index is 516. The zero-order valence-corrected chi connectivity index (χ0v) is 11.1. The lowest BCUT2D eigenvalue weighted by Gasteiger charge is -2.17. The minimum Gasteiger partial charge on any atom is -0.371 e. The summed E-state index contributed by atoms with van der Waals surface area (Å²) >= 11 is 0. The van der Waals surface area contributed by atoms with E-state index in [4.69, 9.17) is 9.26 Å². The molecule has 2 rings (SSSR count). The molecular formula is C12H18N4O2. The molecule has 0 fully saturated rings. The van der Waals surface area contributed by atoms with E-state index in [-0.39, 0.29) is 0 Å². The molecule has 0 aliphatic rings. The first-order valence-corrected chi connectivity index (χ1v) is 5.90. The van der Waals surface area contributed by atoms with Crippen LogP contribution in [0, 0.1) is 6.92 Å². The van der Waals surface area contributed by atoms with Gasteiger partial charge in [-0.1, -0.05) is 5.16 Å². The number of ether oxygens (including phenoxy) is 1. The molecule has 0 unspecified atom stereocenters. The van der Waals surface area contributed by atoms with E-state index in [1.54, 1.807) is 7.11 Å². The fourth-order valence-electron chi connectivity index (χ4n) is 1.53. The van der Waals surface area contributed by atoms with Gasteiger partial charge in [-0.15, -0.1) is 0 Å². The van der Waals surface area contributed by atoms with E-state index in [0.29, 0.717) is 18.1 Å². The minimum atomic E-state index is -0.523. The van der Waals surface area contributed by atoms with Gasteiger partial charge in [0.15, 0.2) is 0 Å². The van der Waals surface area contributed by atoms with Crippen LogP contribution in [-0.4, -0.2) is 27.4 Å². The van der Waals surface area contributed by atoms with Crippen molar-refractivity contribution in [2.75, 3.05) is 7.11 Å². The molecular weight excluding hydrogens is 232 g/mol. The molecule has 1 N–H and O–H groups in total. The molecule has 0 saturated carbocycles. The van der Waals surface area contributed by atoms with Gasteiger partial charge < -0.3 is 9.26 Å². The van der Waals surface area contributed by atoms with Gasteiger partial charge in [0.2, 0.25) is 11.7 Å². The van der Waals surface area contributed by atoms with Crippen LogP contribution in [-0.2, 0) is 23.2 Å². The maximum Gasteiger partial charge on any atom is 0.227 e. The standard InChI is InChI=1S/C12H18N4O2/c1-8-7-9(15-14-8)5-6-10-13-11(16-18-10)12(2,3)17-4/h7H,5-6H2,1-4H3,(H,14,15). The van der Waals surface area contributed by atoms with Gasteiger partial charge in [0.25, 0.3) is 0 Å². The maximum atomic E-state index is 5.30. The van der Waals surface area contributed by atoms with Gasteiger partial charge in [-0.3, -0.25) is 5.10 Å². The van der Waals surface area contributed by atoms with Crippen LogP contribution in [0.5, 0.6) is 0 Å². The van der Waals surface area contributed by atoms with E-state index in [2.05, 4.69) is 20.3 Å². The van der Waals surface area contributed by atoms with E-state index in [0.717, 1.165) is 17.8 Å². The molecule has 0 saturated heterocycles. The topological polar surface area (TPSA) is 76.8 Å². The van der Waals surface area contributed by atoms with Crippen LogP contribution < -0.4 is 0 Å². The van der Waals surface area contributed by atoms with Crippen LogP contribution in [0.25, 0.3) is 0 Å². The SMILES string of the molecule is COC(C)(C)c1noc(CCc2cc(C)[nH]n2)n1. The number of rotatable bonds is 5. The summed E-state index contributed by atoms with van der Waals surface area (Å²) in [4.78, 5) is 4.33. The van der Waals surface area contributed by atoms with Crippen molar-refractivity contribution >= 4 is 0 Å². The molecule has 0 spiro atoms. The minimum absolute atomic E-state index is 0.523. The van der Waals surface area contributed by atoms with Crippen LogP contribution in [0.4, 0.5) is 0 Å². The predicted molar refractivity (Wildman–Crippen MR) is 65.1 cm³/mol. The summed E-state index contributed by atoms with van der Waals surface area (Å²) in [5, 5.41) is 11.0. The Balaban J connectivity index is 1.99. The quantitative estimate of drug-likeness (QED) is 0.875. The molecule has 0 aliphatic carbocycles. The van der Waals surface area contributed by atoms with E-state index >= 15 is 0 Å². The number of aryl methyl sites for hydroxylation is 3. The first-order valence-electron chi connectivity index (χ1n) is 5.90. The molecule has 6 nitrogen and oxygen atoms in total. The van der Waals surface area contributed by atoms with Crippen molar-refractivity contribution < 1.29 is 9.26 Å². The summed E-state index contributed by atoms with van der Waals surface area (Å²) in [6.07, 6.45) is 1.45. The number of nitrogens with zero attached hydrogens (tertiary/aromatic N) is 3. The van der Waals surface area contributed by atoms with E-state index in [9.17, 15) is 0 Å². The number of hydrogen-bond donors (Lipinski definition) is 1. The second kappa shape index (κ2) is 4.89. The van der Waals surface area contributed by atoms with E-state index < -0.39 is 5.60 Å². The third kappa shape index (κ3) is 2.76. The molecule has 0 amide bonds. The Morgan fingerprint density at radius 2 is 2.17 bits per heavy atom. The normalized spacial score (nSPS) is 12.0. The average Bonchev–Trinajstić information content (AvgIpc) is 2.95. The van der Waals surface area contributed by atoms with Crippen LogP contribution in [0.15, 0.2) is 10.6 Å². The van der Waals surface area contributed by atoms with Gasteiger partial charge in [0.05, 0.1) is 5.69 Å². The fraction of sp³-hybridized carbons (Fsp3) is 0.583. The van der Waals surface area contributed by atoms with Crippen LogP contribution in [0.1, 0.15) is 37.0 Å².